The molecular formula is C18H20N2O2S. The smallest absolute Gasteiger partial charge is 0.261 e. The Morgan fingerprint density at radius 3 is 2.48 bits per heavy atom. The molecule has 0 spiro atoms. The highest BCUT2D eigenvalue weighted by Gasteiger charge is 2.39. The summed E-state index contributed by atoms with van der Waals surface area (Å²) in [5, 5.41) is 7.82. The Morgan fingerprint density at radius 2 is 1.87 bits per heavy atom. The first-order chi connectivity index (χ1) is 11.2. The molecule has 3 rings (SSSR count). The van der Waals surface area contributed by atoms with Crippen LogP contribution in [0, 0.1) is 0 Å². The molecule has 1 fully saturated rings. The molecule has 0 radical (unpaired) electrons. The fourth-order valence-electron chi connectivity index (χ4n) is 2.89. The number of hydrogen-bond acceptors (Lipinski definition) is 3. The van der Waals surface area contributed by atoms with Gasteiger partial charge in [0, 0.05) is 13.0 Å². The van der Waals surface area contributed by atoms with Crippen LogP contribution in [-0.2, 0) is 10.3 Å². The Hall–Kier alpha value is -2.14. The van der Waals surface area contributed by atoms with E-state index >= 15 is 0 Å². The Bertz CT molecular complexity index is 664. The lowest BCUT2D eigenvalue weighted by atomic mass is 9.71. The number of carbonyl (C=O) groups excluding carboxylic acids is 2. The van der Waals surface area contributed by atoms with Crippen molar-refractivity contribution in [3.05, 3.63) is 58.3 Å². The van der Waals surface area contributed by atoms with Crippen LogP contribution < -0.4 is 10.6 Å². The molecule has 120 valence electrons. The van der Waals surface area contributed by atoms with Crippen molar-refractivity contribution in [1.29, 1.82) is 0 Å². The van der Waals surface area contributed by atoms with Crippen LogP contribution in [0.1, 0.15) is 40.9 Å². The first-order valence-corrected chi connectivity index (χ1v) is 8.76. The van der Waals surface area contributed by atoms with Crippen LogP contribution in [0.5, 0.6) is 0 Å². The molecule has 1 aliphatic rings. The normalized spacial score (nSPS) is 15.5. The molecule has 4 nitrogen and oxygen atoms in total. The van der Waals surface area contributed by atoms with E-state index in [9.17, 15) is 9.59 Å². The summed E-state index contributed by atoms with van der Waals surface area (Å²) >= 11 is 1.40. The molecule has 2 N–H and O–H groups in total. The fraction of sp³-hybridized carbons (Fsp3) is 0.333. The van der Waals surface area contributed by atoms with Crippen LogP contribution in [-0.4, -0.2) is 18.4 Å². The third-order valence-corrected chi connectivity index (χ3v) is 5.16. The van der Waals surface area contributed by atoms with Gasteiger partial charge in [-0.3, -0.25) is 9.59 Å². The van der Waals surface area contributed by atoms with Crippen LogP contribution in [0.25, 0.3) is 0 Å². The van der Waals surface area contributed by atoms with Gasteiger partial charge in [-0.1, -0.05) is 36.4 Å². The highest BCUT2D eigenvalue weighted by Crippen LogP contribution is 2.41. The Balaban J connectivity index is 1.50. The van der Waals surface area contributed by atoms with Gasteiger partial charge in [0.05, 0.1) is 10.4 Å². The van der Waals surface area contributed by atoms with E-state index in [1.807, 2.05) is 29.6 Å². The van der Waals surface area contributed by atoms with E-state index < -0.39 is 0 Å². The van der Waals surface area contributed by atoms with Crippen LogP contribution in [0.4, 0.5) is 0 Å². The molecule has 2 aromatic rings. The van der Waals surface area contributed by atoms with Crippen molar-refractivity contribution in [2.24, 2.45) is 0 Å². The summed E-state index contributed by atoms with van der Waals surface area (Å²) in [5.41, 5.74) is 0.957. The number of carbonyl (C=O) groups is 2. The molecule has 0 aliphatic heterocycles. The maximum atomic E-state index is 12.2. The molecule has 0 bridgehead atoms. The van der Waals surface area contributed by atoms with Crippen LogP contribution in [0.15, 0.2) is 47.8 Å². The van der Waals surface area contributed by atoms with Gasteiger partial charge in [0.1, 0.15) is 0 Å². The van der Waals surface area contributed by atoms with E-state index in [4.69, 9.17) is 0 Å². The molecule has 2 amide bonds. The lowest BCUT2D eigenvalue weighted by Gasteiger charge is -2.43. The van der Waals surface area contributed by atoms with Gasteiger partial charge in [-0.05, 0) is 36.3 Å². The summed E-state index contributed by atoms with van der Waals surface area (Å²) in [7, 11) is 0. The molecule has 5 heteroatoms. The lowest BCUT2D eigenvalue weighted by Crippen LogP contribution is -2.51. The van der Waals surface area contributed by atoms with Crippen molar-refractivity contribution in [3.8, 4) is 0 Å². The van der Waals surface area contributed by atoms with E-state index in [-0.39, 0.29) is 17.4 Å². The molecule has 1 heterocycles. The topological polar surface area (TPSA) is 58.2 Å². The molecule has 0 atom stereocenters. The van der Waals surface area contributed by atoms with Gasteiger partial charge in [-0.2, -0.15) is 0 Å². The minimum Gasteiger partial charge on any atom is -0.351 e. The zero-order chi connectivity index (χ0) is 16.1. The largest absolute Gasteiger partial charge is 0.351 e. The number of hydrogen-bond donors (Lipinski definition) is 2. The van der Waals surface area contributed by atoms with Crippen LogP contribution in [0.3, 0.4) is 0 Å². The average Bonchev–Trinajstić information content (AvgIpc) is 3.06. The van der Waals surface area contributed by atoms with E-state index in [1.165, 1.54) is 16.9 Å². The van der Waals surface area contributed by atoms with Gasteiger partial charge in [0.2, 0.25) is 5.91 Å². The summed E-state index contributed by atoms with van der Waals surface area (Å²) in [6, 6.07) is 13.7. The number of nitrogens with one attached hydrogen (secondary N) is 2. The first kappa shape index (κ1) is 15.7. The lowest BCUT2D eigenvalue weighted by molar-refractivity contribution is -0.124. The van der Waals surface area contributed by atoms with Gasteiger partial charge in [0.25, 0.3) is 5.91 Å². The second kappa shape index (κ2) is 6.96. The second-order valence-corrected chi connectivity index (χ2v) is 6.78. The van der Waals surface area contributed by atoms with Crippen molar-refractivity contribution in [3.63, 3.8) is 0 Å². The van der Waals surface area contributed by atoms with Crippen LogP contribution >= 0.6 is 11.3 Å². The van der Waals surface area contributed by atoms with Crippen molar-refractivity contribution in [2.75, 3.05) is 6.54 Å². The fourth-order valence-corrected chi connectivity index (χ4v) is 3.53. The minimum absolute atomic E-state index is 0.0139. The molecule has 1 aliphatic carbocycles. The van der Waals surface area contributed by atoms with Gasteiger partial charge >= 0.3 is 0 Å². The summed E-state index contributed by atoms with van der Waals surface area (Å²) in [6.07, 6.45) is 3.38. The summed E-state index contributed by atoms with van der Waals surface area (Å²) in [4.78, 5) is 24.7. The average molecular weight is 328 g/mol. The monoisotopic (exact) mass is 328 g/mol. The van der Waals surface area contributed by atoms with Crippen molar-refractivity contribution < 1.29 is 9.59 Å². The predicted octanol–water partition coefficient (Wildman–Crippen LogP) is 3.06. The summed E-state index contributed by atoms with van der Waals surface area (Å²) in [5.74, 6) is -0.130. The number of amides is 2. The maximum absolute atomic E-state index is 12.2. The van der Waals surface area contributed by atoms with Crippen molar-refractivity contribution in [1.82, 2.24) is 10.6 Å². The van der Waals surface area contributed by atoms with E-state index in [0.29, 0.717) is 17.8 Å². The summed E-state index contributed by atoms with van der Waals surface area (Å²) in [6.45, 7) is 0.355. The molecule has 0 saturated heterocycles. The maximum Gasteiger partial charge on any atom is 0.261 e. The van der Waals surface area contributed by atoms with Crippen LogP contribution in [0.2, 0.25) is 0 Å². The number of rotatable bonds is 6. The van der Waals surface area contributed by atoms with E-state index in [0.717, 1.165) is 19.3 Å². The molecule has 23 heavy (non-hydrogen) atoms. The van der Waals surface area contributed by atoms with Crippen molar-refractivity contribution >= 4 is 23.2 Å². The minimum atomic E-state index is -0.212. The first-order valence-electron chi connectivity index (χ1n) is 7.88. The Morgan fingerprint density at radius 1 is 1.09 bits per heavy atom. The Labute approximate surface area is 139 Å². The molecule has 1 saturated carbocycles. The van der Waals surface area contributed by atoms with Crippen molar-refractivity contribution in [2.45, 2.75) is 31.2 Å². The Kier molecular flexibility index (Phi) is 4.76. The molecular weight excluding hydrogens is 308 g/mol. The highest BCUT2D eigenvalue weighted by atomic mass is 32.1. The third kappa shape index (κ3) is 3.62. The van der Waals surface area contributed by atoms with Gasteiger partial charge < -0.3 is 10.6 Å². The molecule has 1 aromatic heterocycles. The molecule has 1 aromatic carbocycles. The summed E-state index contributed by atoms with van der Waals surface area (Å²) < 4.78 is 0. The third-order valence-electron chi connectivity index (χ3n) is 4.29. The van der Waals surface area contributed by atoms with Gasteiger partial charge in [-0.15, -0.1) is 11.3 Å². The number of benzene rings is 1. The predicted molar refractivity (Wildman–Crippen MR) is 91.4 cm³/mol. The molecule has 0 unspecified atom stereocenters. The van der Waals surface area contributed by atoms with Gasteiger partial charge in [-0.25, -0.2) is 0 Å². The van der Waals surface area contributed by atoms with E-state index in [1.54, 1.807) is 6.07 Å². The zero-order valence-electron chi connectivity index (χ0n) is 12.9. The second-order valence-electron chi connectivity index (χ2n) is 5.83. The standard InChI is InChI=1S/C18H20N2O2S/c21-16(9-12-19-17(22)15-8-4-13-23-15)20-18(10-5-11-18)14-6-2-1-3-7-14/h1-4,6-8,13H,5,9-12H2,(H,19,22)(H,20,21). The number of thiophene rings is 1. The van der Waals surface area contributed by atoms with Gasteiger partial charge in [0.15, 0.2) is 0 Å². The highest BCUT2D eigenvalue weighted by molar-refractivity contribution is 7.12. The SMILES string of the molecule is O=C(CCNC(=O)c1cccs1)NC1(c2ccccc2)CCC1. The van der Waals surface area contributed by atoms with E-state index in [2.05, 4.69) is 22.8 Å². The quantitative estimate of drug-likeness (QED) is 0.856. The zero-order valence-corrected chi connectivity index (χ0v) is 13.7.